The summed E-state index contributed by atoms with van der Waals surface area (Å²) in [4.78, 5) is 25.5. The van der Waals surface area contributed by atoms with Crippen molar-refractivity contribution in [2.75, 3.05) is 31.1 Å². The predicted octanol–water partition coefficient (Wildman–Crippen LogP) is 2.82. The van der Waals surface area contributed by atoms with Crippen LogP contribution in [0.5, 0.6) is 0 Å². The SMILES string of the molecule is O=C(C1CC1)N1CCCN(c2ncnc3c2oc2ccccc23)CC1. The lowest BCUT2D eigenvalue weighted by Crippen LogP contribution is -2.36. The molecule has 0 atom stereocenters. The predicted molar refractivity (Wildman–Crippen MR) is 95.4 cm³/mol. The van der Waals surface area contributed by atoms with Crippen LogP contribution in [0.4, 0.5) is 5.82 Å². The van der Waals surface area contributed by atoms with Crippen LogP contribution in [-0.2, 0) is 4.79 Å². The molecule has 0 bridgehead atoms. The highest BCUT2D eigenvalue weighted by atomic mass is 16.3. The molecule has 6 nitrogen and oxygen atoms in total. The van der Waals surface area contributed by atoms with E-state index in [0.717, 1.165) is 73.3 Å². The molecular formula is C19H20N4O2. The van der Waals surface area contributed by atoms with Gasteiger partial charge in [-0.1, -0.05) is 12.1 Å². The quantitative estimate of drug-likeness (QED) is 0.720. The van der Waals surface area contributed by atoms with Gasteiger partial charge >= 0.3 is 0 Å². The molecule has 1 saturated heterocycles. The number of fused-ring (bicyclic) bond motifs is 3. The molecule has 25 heavy (non-hydrogen) atoms. The summed E-state index contributed by atoms with van der Waals surface area (Å²) in [6, 6.07) is 7.94. The van der Waals surface area contributed by atoms with Gasteiger partial charge < -0.3 is 14.2 Å². The Morgan fingerprint density at radius 2 is 1.96 bits per heavy atom. The Bertz CT molecular complexity index is 947. The van der Waals surface area contributed by atoms with Crippen molar-refractivity contribution in [2.45, 2.75) is 19.3 Å². The Morgan fingerprint density at radius 1 is 1.08 bits per heavy atom. The van der Waals surface area contributed by atoms with E-state index in [9.17, 15) is 4.79 Å². The first-order chi connectivity index (χ1) is 12.3. The minimum Gasteiger partial charge on any atom is -0.450 e. The monoisotopic (exact) mass is 336 g/mol. The van der Waals surface area contributed by atoms with Gasteiger partial charge in [0.25, 0.3) is 0 Å². The van der Waals surface area contributed by atoms with Gasteiger partial charge in [0, 0.05) is 37.5 Å². The first-order valence-electron chi connectivity index (χ1n) is 8.97. The smallest absolute Gasteiger partial charge is 0.225 e. The third-order valence-electron chi connectivity index (χ3n) is 5.17. The maximum atomic E-state index is 12.3. The van der Waals surface area contributed by atoms with Crippen molar-refractivity contribution in [2.24, 2.45) is 5.92 Å². The molecule has 5 rings (SSSR count). The van der Waals surface area contributed by atoms with Crippen molar-refractivity contribution in [3.63, 3.8) is 0 Å². The number of aromatic nitrogens is 2. The van der Waals surface area contributed by atoms with Gasteiger partial charge in [0.1, 0.15) is 17.4 Å². The van der Waals surface area contributed by atoms with Gasteiger partial charge in [0.2, 0.25) is 5.91 Å². The Morgan fingerprint density at radius 3 is 2.84 bits per heavy atom. The largest absolute Gasteiger partial charge is 0.450 e. The summed E-state index contributed by atoms with van der Waals surface area (Å²) >= 11 is 0. The van der Waals surface area contributed by atoms with Gasteiger partial charge in [-0.15, -0.1) is 0 Å². The Labute approximate surface area is 145 Å². The molecule has 1 aromatic carbocycles. The van der Waals surface area contributed by atoms with Crippen molar-refractivity contribution in [1.82, 2.24) is 14.9 Å². The highest BCUT2D eigenvalue weighted by Crippen LogP contribution is 2.33. The molecule has 0 spiro atoms. The minimum atomic E-state index is 0.285. The second kappa shape index (κ2) is 5.72. The maximum Gasteiger partial charge on any atom is 0.225 e. The number of benzene rings is 1. The molecule has 1 aliphatic heterocycles. The van der Waals surface area contributed by atoms with Crippen molar-refractivity contribution in [3.05, 3.63) is 30.6 Å². The number of nitrogens with zero attached hydrogens (tertiary/aromatic N) is 4. The third kappa shape index (κ3) is 2.52. The number of carbonyl (C=O) groups excluding carboxylic acids is 1. The average molecular weight is 336 g/mol. The van der Waals surface area contributed by atoms with Gasteiger partial charge in [-0.25, -0.2) is 9.97 Å². The fourth-order valence-corrected chi connectivity index (χ4v) is 3.67. The zero-order valence-corrected chi connectivity index (χ0v) is 14.0. The highest BCUT2D eigenvalue weighted by molar-refractivity contribution is 6.05. The lowest BCUT2D eigenvalue weighted by Gasteiger charge is -2.22. The topological polar surface area (TPSA) is 62.5 Å². The van der Waals surface area contributed by atoms with Crippen LogP contribution >= 0.6 is 0 Å². The van der Waals surface area contributed by atoms with Crippen molar-refractivity contribution < 1.29 is 9.21 Å². The van der Waals surface area contributed by atoms with E-state index in [2.05, 4.69) is 14.9 Å². The van der Waals surface area contributed by atoms with E-state index in [1.807, 2.05) is 29.2 Å². The fourth-order valence-electron chi connectivity index (χ4n) is 3.67. The van der Waals surface area contributed by atoms with Crippen LogP contribution in [0.2, 0.25) is 0 Å². The summed E-state index contributed by atoms with van der Waals surface area (Å²) in [7, 11) is 0. The molecule has 3 aromatic rings. The van der Waals surface area contributed by atoms with E-state index < -0.39 is 0 Å². The molecule has 0 N–H and O–H groups in total. The van der Waals surface area contributed by atoms with Gasteiger partial charge in [0.15, 0.2) is 11.4 Å². The number of carbonyl (C=O) groups is 1. The summed E-state index contributed by atoms with van der Waals surface area (Å²) in [6.45, 7) is 3.24. The number of rotatable bonds is 2. The second-order valence-corrected chi connectivity index (χ2v) is 6.91. The minimum absolute atomic E-state index is 0.285. The third-order valence-corrected chi connectivity index (χ3v) is 5.17. The lowest BCUT2D eigenvalue weighted by atomic mass is 10.2. The highest BCUT2D eigenvalue weighted by Gasteiger charge is 2.34. The summed E-state index contributed by atoms with van der Waals surface area (Å²) in [5.74, 6) is 1.45. The van der Waals surface area contributed by atoms with Crippen LogP contribution < -0.4 is 4.90 Å². The fraction of sp³-hybridized carbons (Fsp3) is 0.421. The lowest BCUT2D eigenvalue weighted by molar-refractivity contribution is -0.132. The van der Waals surface area contributed by atoms with Crippen LogP contribution in [0.15, 0.2) is 35.0 Å². The number of hydrogen-bond donors (Lipinski definition) is 0. The average Bonchev–Trinajstić information content (AvgIpc) is 3.45. The van der Waals surface area contributed by atoms with Crippen LogP contribution in [0, 0.1) is 5.92 Å². The molecule has 6 heteroatoms. The maximum absolute atomic E-state index is 12.3. The number of amides is 1. The molecule has 1 aliphatic carbocycles. The van der Waals surface area contributed by atoms with Crippen LogP contribution in [-0.4, -0.2) is 47.0 Å². The van der Waals surface area contributed by atoms with Crippen LogP contribution in [0.25, 0.3) is 22.1 Å². The number of hydrogen-bond acceptors (Lipinski definition) is 5. The molecule has 0 radical (unpaired) electrons. The standard InChI is InChI=1S/C19H20N4O2/c24-19(13-6-7-13)23-9-3-8-22(10-11-23)18-17-16(20-12-21-18)14-4-1-2-5-15(14)25-17/h1-2,4-5,12-13H,3,6-11H2. The zero-order chi connectivity index (χ0) is 16.8. The Kier molecular flexibility index (Phi) is 3.36. The number of para-hydroxylation sites is 1. The molecule has 2 aliphatic rings. The van der Waals surface area contributed by atoms with E-state index in [-0.39, 0.29) is 5.92 Å². The first-order valence-corrected chi connectivity index (χ1v) is 8.97. The summed E-state index contributed by atoms with van der Waals surface area (Å²) in [5.41, 5.74) is 2.43. The van der Waals surface area contributed by atoms with Gasteiger partial charge in [-0.3, -0.25) is 4.79 Å². The molecule has 0 unspecified atom stereocenters. The van der Waals surface area contributed by atoms with E-state index >= 15 is 0 Å². The number of anilines is 1. The van der Waals surface area contributed by atoms with Gasteiger partial charge in [-0.2, -0.15) is 0 Å². The molecule has 2 fully saturated rings. The molecule has 2 aromatic heterocycles. The molecule has 1 saturated carbocycles. The van der Waals surface area contributed by atoms with E-state index in [4.69, 9.17) is 4.42 Å². The Hall–Kier alpha value is -2.63. The van der Waals surface area contributed by atoms with Gasteiger partial charge in [0.05, 0.1) is 0 Å². The van der Waals surface area contributed by atoms with Crippen molar-refractivity contribution in [3.8, 4) is 0 Å². The van der Waals surface area contributed by atoms with Crippen LogP contribution in [0.1, 0.15) is 19.3 Å². The van der Waals surface area contributed by atoms with E-state index in [1.165, 1.54) is 0 Å². The zero-order valence-electron chi connectivity index (χ0n) is 14.0. The normalized spacial score (nSPS) is 18.7. The molecule has 128 valence electrons. The summed E-state index contributed by atoms with van der Waals surface area (Å²) < 4.78 is 6.05. The van der Waals surface area contributed by atoms with E-state index in [0.29, 0.717) is 5.91 Å². The van der Waals surface area contributed by atoms with Crippen molar-refractivity contribution in [1.29, 1.82) is 0 Å². The van der Waals surface area contributed by atoms with Crippen LogP contribution in [0.3, 0.4) is 0 Å². The van der Waals surface area contributed by atoms with Gasteiger partial charge in [-0.05, 0) is 31.4 Å². The van der Waals surface area contributed by atoms with Crippen molar-refractivity contribution >= 4 is 33.8 Å². The number of furan rings is 1. The molecule has 1 amide bonds. The first kappa shape index (κ1) is 14.7. The Balaban J connectivity index is 1.47. The summed E-state index contributed by atoms with van der Waals surface area (Å²) in [6.07, 6.45) is 4.68. The molecular weight excluding hydrogens is 316 g/mol. The summed E-state index contributed by atoms with van der Waals surface area (Å²) in [5, 5.41) is 1.02. The molecule has 3 heterocycles. The second-order valence-electron chi connectivity index (χ2n) is 6.91. The van der Waals surface area contributed by atoms with E-state index in [1.54, 1.807) is 6.33 Å².